The van der Waals surface area contributed by atoms with Gasteiger partial charge in [0.25, 0.3) is 0 Å². The van der Waals surface area contributed by atoms with Gasteiger partial charge in [0.15, 0.2) is 0 Å². The Bertz CT molecular complexity index is 542. The van der Waals surface area contributed by atoms with Crippen molar-refractivity contribution in [3.05, 3.63) is 35.6 Å². The normalized spacial score (nSPS) is 22.0. The minimum atomic E-state index is -0.496. The molecule has 1 amide bonds. The Morgan fingerprint density at radius 2 is 2.09 bits per heavy atom. The second-order valence-corrected chi connectivity index (χ2v) is 7.14. The number of amides is 1. The molecule has 0 saturated carbocycles. The van der Waals surface area contributed by atoms with Crippen molar-refractivity contribution in [1.29, 1.82) is 0 Å². The fourth-order valence-corrected chi connectivity index (χ4v) is 2.88. The van der Waals surface area contributed by atoms with Gasteiger partial charge in [-0.1, -0.05) is 18.2 Å². The highest BCUT2D eigenvalue weighted by molar-refractivity contribution is 5.68. The molecule has 0 bridgehead atoms. The van der Waals surface area contributed by atoms with E-state index in [-0.39, 0.29) is 24.0 Å². The van der Waals surface area contributed by atoms with Gasteiger partial charge in [0.05, 0.1) is 0 Å². The van der Waals surface area contributed by atoms with Crippen LogP contribution < -0.4 is 5.32 Å². The number of nitrogens with zero attached hydrogens (tertiary/aromatic N) is 1. The largest absolute Gasteiger partial charge is 0.444 e. The molecule has 0 radical (unpaired) electrons. The third-order valence-corrected chi connectivity index (χ3v) is 4.13. The highest BCUT2D eigenvalue weighted by atomic mass is 19.1. The molecule has 0 spiro atoms. The predicted molar refractivity (Wildman–Crippen MR) is 88.7 cm³/mol. The van der Waals surface area contributed by atoms with Gasteiger partial charge in [-0.25, -0.2) is 9.18 Å². The van der Waals surface area contributed by atoms with Crippen LogP contribution in [0.4, 0.5) is 9.18 Å². The number of rotatable bonds is 3. The number of carbonyl (C=O) groups excluding carboxylic acids is 1. The summed E-state index contributed by atoms with van der Waals surface area (Å²) in [4.78, 5) is 14.1. The lowest BCUT2D eigenvalue weighted by molar-refractivity contribution is 0.00697. The van der Waals surface area contributed by atoms with Crippen LogP contribution >= 0.6 is 0 Å². The summed E-state index contributed by atoms with van der Waals surface area (Å²) in [5, 5.41) is 3.39. The van der Waals surface area contributed by atoms with Gasteiger partial charge in [0.1, 0.15) is 11.4 Å². The van der Waals surface area contributed by atoms with Crippen molar-refractivity contribution >= 4 is 6.09 Å². The maximum absolute atomic E-state index is 13.7. The summed E-state index contributed by atoms with van der Waals surface area (Å²) >= 11 is 0. The summed E-state index contributed by atoms with van der Waals surface area (Å²) in [6.45, 7) is 8.79. The van der Waals surface area contributed by atoms with Gasteiger partial charge in [-0.05, 0) is 46.6 Å². The summed E-state index contributed by atoms with van der Waals surface area (Å²) in [7, 11) is 0. The Kier molecular flexibility index (Phi) is 5.63. The standard InChI is InChI=1S/C18H27FN2O2/c1-13-16(20-12-14-8-5-6-9-15(14)19)10-7-11-21(13)17(22)23-18(2,3)4/h5-6,8-9,13,16,20H,7,10-12H2,1-4H3. The zero-order chi connectivity index (χ0) is 17.0. The van der Waals surface area contributed by atoms with E-state index in [9.17, 15) is 9.18 Å². The SMILES string of the molecule is CC1C(NCc2ccccc2F)CCCN1C(=O)OC(C)(C)C. The molecule has 5 heteroatoms. The average Bonchev–Trinajstić information content (AvgIpc) is 2.46. The quantitative estimate of drug-likeness (QED) is 0.922. The molecule has 2 unspecified atom stereocenters. The van der Waals surface area contributed by atoms with Gasteiger partial charge >= 0.3 is 6.09 Å². The van der Waals surface area contributed by atoms with E-state index < -0.39 is 5.60 Å². The van der Waals surface area contributed by atoms with Crippen LogP contribution in [0.3, 0.4) is 0 Å². The van der Waals surface area contributed by atoms with Gasteiger partial charge in [-0.15, -0.1) is 0 Å². The zero-order valence-electron chi connectivity index (χ0n) is 14.4. The van der Waals surface area contributed by atoms with E-state index >= 15 is 0 Å². The van der Waals surface area contributed by atoms with Crippen molar-refractivity contribution in [2.45, 2.75) is 64.8 Å². The number of halogens is 1. The Balaban J connectivity index is 1.95. The predicted octanol–water partition coefficient (Wildman–Crippen LogP) is 3.70. The second kappa shape index (κ2) is 7.30. The number of hydrogen-bond donors (Lipinski definition) is 1. The maximum atomic E-state index is 13.7. The van der Waals surface area contributed by atoms with Crippen molar-refractivity contribution < 1.29 is 13.9 Å². The number of hydrogen-bond acceptors (Lipinski definition) is 3. The highest BCUT2D eigenvalue weighted by Crippen LogP contribution is 2.21. The second-order valence-electron chi connectivity index (χ2n) is 7.14. The van der Waals surface area contributed by atoms with E-state index in [0.29, 0.717) is 18.7 Å². The Labute approximate surface area is 138 Å². The van der Waals surface area contributed by atoms with Crippen LogP contribution in [0.15, 0.2) is 24.3 Å². The number of piperidine rings is 1. The van der Waals surface area contributed by atoms with Crippen LogP contribution in [0.1, 0.15) is 46.1 Å². The molecule has 1 fully saturated rings. The number of ether oxygens (including phenoxy) is 1. The molecule has 1 saturated heterocycles. The monoisotopic (exact) mass is 322 g/mol. The summed E-state index contributed by atoms with van der Waals surface area (Å²) < 4.78 is 19.2. The van der Waals surface area contributed by atoms with Gasteiger partial charge in [0.2, 0.25) is 0 Å². The molecule has 1 aliphatic rings. The summed E-state index contributed by atoms with van der Waals surface area (Å²) in [5.74, 6) is -0.201. The number of nitrogens with one attached hydrogen (secondary N) is 1. The van der Waals surface area contributed by atoms with Crippen LogP contribution in [0, 0.1) is 5.82 Å². The molecule has 1 N–H and O–H groups in total. The molecule has 2 atom stereocenters. The topological polar surface area (TPSA) is 41.6 Å². The molecular weight excluding hydrogens is 295 g/mol. The molecule has 1 aliphatic heterocycles. The first-order valence-corrected chi connectivity index (χ1v) is 8.24. The molecule has 1 heterocycles. The molecule has 4 nitrogen and oxygen atoms in total. The first-order valence-electron chi connectivity index (χ1n) is 8.24. The third-order valence-electron chi connectivity index (χ3n) is 4.13. The maximum Gasteiger partial charge on any atom is 0.410 e. The third kappa shape index (κ3) is 4.93. The molecule has 0 aromatic heterocycles. The van der Waals surface area contributed by atoms with Crippen molar-refractivity contribution in [2.75, 3.05) is 6.54 Å². The van der Waals surface area contributed by atoms with E-state index in [1.54, 1.807) is 17.0 Å². The Morgan fingerprint density at radius 3 is 2.74 bits per heavy atom. The van der Waals surface area contributed by atoms with E-state index in [0.717, 1.165) is 12.8 Å². The molecule has 23 heavy (non-hydrogen) atoms. The van der Waals surface area contributed by atoms with Crippen molar-refractivity contribution in [1.82, 2.24) is 10.2 Å². The smallest absolute Gasteiger partial charge is 0.410 e. The first-order chi connectivity index (χ1) is 10.8. The average molecular weight is 322 g/mol. The van der Waals surface area contributed by atoms with E-state index in [4.69, 9.17) is 4.74 Å². The minimum Gasteiger partial charge on any atom is -0.444 e. The van der Waals surface area contributed by atoms with Crippen LogP contribution in [0.2, 0.25) is 0 Å². The number of benzene rings is 1. The zero-order valence-corrected chi connectivity index (χ0v) is 14.4. The lowest BCUT2D eigenvalue weighted by Gasteiger charge is -2.40. The van der Waals surface area contributed by atoms with Gasteiger partial charge in [-0.3, -0.25) is 0 Å². The molecular formula is C18H27FN2O2. The molecule has 2 rings (SSSR count). The minimum absolute atomic E-state index is 0.0189. The van der Waals surface area contributed by atoms with Gasteiger partial charge < -0.3 is 15.0 Å². The molecule has 1 aromatic carbocycles. The summed E-state index contributed by atoms with van der Waals surface area (Å²) in [6, 6.07) is 6.92. The Morgan fingerprint density at radius 1 is 1.39 bits per heavy atom. The summed E-state index contributed by atoms with van der Waals surface area (Å²) in [5.41, 5.74) is 0.152. The van der Waals surface area contributed by atoms with Crippen molar-refractivity contribution in [2.24, 2.45) is 0 Å². The van der Waals surface area contributed by atoms with E-state index in [2.05, 4.69) is 5.32 Å². The van der Waals surface area contributed by atoms with Gasteiger partial charge in [-0.2, -0.15) is 0 Å². The fraction of sp³-hybridized carbons (Fsp3) is 0.611. The highest BCUT2D eigenvalue weighted by Gasteiger charge is 2.33. The van der Waals surface area contributed by atoms with Crippen LogP contribution in [0.5, 0.6) is 0 Å². The Hall–Kier alpha value is -1.62. The lowest BCUT2D eigenvalue weighted by Crippen LogP contribution is -2.55. The van der Waals surface area contributed by atoms with Crippen molar-refractivity contribution in [3.63, 3.8) is 0 Å². The lowest BCUT2D eigenvalue weighted by atomic mass is 9.97. The fourth-order valence-electron chi connectivity index (χ4n) is 2.88. The van der Waals surface area contributed by atoms with Crippen molar-refractivity contribution in [3.8, 4) is 0 Å². The molecule has 0 aliphatic carbocycles. The van der Waals surface area contributed by atoms with E-state index in [1.165, 1.54) is 6.07 Å². The first kappa shape index (κ1) is 17.7. The van der Waals surface area contributed by atoms with Crippen LogP contribution in [0.25, 0.3) is 0 Å². The van der Waals surface area contributed by atoms with Gasteiger partial charge in [0, 0.05) is 30.7 Å². The number of carbonyl (C=O) groups is 1. The molecule has 1 aromatic rings. The summed E-state index contributed by atoms with van der Waals surface area (Å²) in [6.07, 6.45) is 1.61. The van der Waals surface area contributed by atoms with E-state index in [1.807, 2.05) is 33.8 Å². The number of likely N-dealkylation sites (tertiary alicyclic amines) is 1. The van der Waals surface area contributed by atoms with Crippen LogP contribution in [-0.2, 0) is 11.3 Å². The van der Waals surface area contributed by atoms with Crippen LogP contribution in [-0.4, -0.2) is 35.2 Å². The molecule has 128 valence electrons.